The van der Waals surface area contributed by atoms with Crippen LogP contribution >= 0.6 is 11.6 Å². The molecule has 0 spiro atoms. The van der Waals surface area contributed by atoms with E-state index in [-0.39, 0.29) is 5.15 Å². The molecular formula is C9H11ClN4. The lowest BCUT2D eigenvalue weighted by Gasteiger charge is -1.95. The number of nitrogens with two attached hydrogens (primary N) is 1. The standard InChI is InChI=1S/C9H11ClN4/c1-12-5-3-2-4-7-9(10)14-8(11)6-13-7/h6,12H,3,5H2,1H3,(H2,11,14). The summed E-state index contributed by atoms with van der Waals surface area (Å²) in [6.07, 6.45) is 2.19. The van der Waals surface area contributed by atoms with E-state index in [9.17, 15) is 0 Å². The lowest BCUT2D eigenvalue weighted by Crippen LogP contribution is -2.06. The molecule has 0 fully saturated rings. The molecule has 1 heterocycles. The molecule has 0 bridgehead atoms. The Morgan fingerprint density at radius 2 is 2.43 bits per heavy atom. The van der Waals surface area contributed by atoms with Gasteiger partial charge in [-0.25, -0.2) is 9.97 Å². The maximum Gasteiger partial charge on any atom is 0.165 e. The predicted molar refractivity (Wildman–Crippen MR) is 56.9 cm³/mol. The van der Waals surface area contributed by atoms with Crippen molar-refractivity contribution in [3.05, 3.63) is 17.0 Å². The van der Waals surface area contributed by atoms with Crippen LogP contribution in [0.2, 0.25) is 5.15 Å². The van der Waals surface area contributed by atoms with Gasteiger partial charge in [0.25, 0.3) is 0 Å². The zero-order chi connectivity index (χ0) is 10.4. The summed E-state index contributed by atoms with van der Waals surface area (Å²) in [5.74, 6) is 6.05. The van der Waals surface area contributed by atoms with Crippen molar-refractivity contribution in [1.29, 1.82) is 0 Å². The van der Waals surface area contributed by atoms with Crippen LogP contribution in [0.15, 0.2) is 6.20 Å². The van der Waals surface area contributed by atoms with E-state index in [0.717, 1.165) is 13.0 Å². The number of aromatic nitrogens is 2. The van der Waals surface area contributed by atoms with Crippen LogP contribution < -0.4 is 11.1 Å². The van der Waals surface area contributed by atoms with Crippen molar-refractivity contribution in [2.24, 2.45) is 0 Å². The second kappa shape index (κ2) is 5.43. The second-order valence-electron chi connectivity index (χ2n) is 2.59. The molecule has 1 aromatic heterocycles. The summed E-state index contributed by atoms with van der Waals surface area (Å²) in [5, 5.41) is 3.24. The molecule has 1 aromatic rings. The minimum absolute atomic E-state index is 0.252. The molecule has 0 aromatic carbocycles. The summed E-state index contributed by atoms with van der Waals surface area (Å²) in [6.45, 7) is 0.840. The van der Waals surface area contributed by atoms with Gasteiger partial charge in [-0.3, -0.25) is 0 Å². The Balaban J connectivity index is 2.70. The highest BCUT2D eigenvalue weighted by molar-refractivity contribution is 6.30. The van der Waals surface area contributed by atoms with Gasteiger partial charge in [-0.2, -0.15) is 0 Å². The van der Waals surface area contributed by atoms with Gasteiger partial charge in [0.05, 0.1) is 6.20 Å². The number of nitrogens with one attached hydrogen (secondary N) is 1. The fourth-order valence-corrected chi connectivity index (χ4v) is 0.990. The van der Waals surface area contributed by atoms with Crippen LogP contribution in [0, 0.1) is 11.8 Å². The van der Waals surface area contributed by atoms with Crippen LogP contribution in [-0.2, 0) is 0 Å². The van der Waals surface area contributed by atoms with Crippen molar-refractivity contribution in [3.8, 4) is 11.8 Å². The van der Waals surface area contributed by atoms with Gasteiger partial charge in [-0.15, -0.1) is 0 Å². The Bertz CT molecular complexity index is 367. The number of halogens is 1. The monoisotopic (exact) mass is 210 g/mol. The molecule has 5 heteroatoms. The molecule has 0 aliphatic carbocycles. The fourth-order valence-electron chi connectivity index (χ4n) is 0.797. The first kappa shape index (κ1) is 10.8. The molecule has 0 saturated heterocycles. The van der Waals surface area contributed by atoms with Crippen LogP contribution in [-0.4, -0.2) is 23.6 Å². The first-order valence-corrected chi connectivity index (χ1v) is 4.53. The highest BCUT2D eigenvalue weighted by Gasteiger charge is 1.99. The third-order valence-corrected chi connectivity index (χ3v) is 1.72. The predicted octanol–water partition coefficient (Wildman–Crippen LogP) is 0.673. The van der Waals surface area contributed by atoms with Gasteiger partial charge in [-0.1, -0.05) is 17.5 Å². The van der Waals surface area contributed by atoms with E-state index in [0.29, 0.717) is 11.5 Å². The van der Waals surface area contributed by atoms with Crippen LogP contribution in [0.1, 0.15) is 12.1 Å². The quantitative estimate of drug-likeness (QED) is 0.557. The van der Waals surface area contributed by atoms with Crippen LogP contribution in [0.25, 0.3) is 0 Å². The third-order valence-electron chi connectivity index (χ3n) is 1.46. The molecule has 0 amide bonds. The van der Waals surface area contributed by atoms with Gasteiger partial charge >= 0.3 is 0 Å². The van der Waals surface area contributed by atoms with Crippen LogP contribution in [0.4, 0.5) is 5.82 Å². The topological polar surface area (TPSA) is 63.8 Å². The smallest absolute Gasteiger partial charge is 0.165 e. The van der Waals surface area contributed by atoms with E-state index < -0.39 is 0 Å². The molecule has 0 unspecified atom stereocenters. The normalized spacial score (nSPS) is 9.29. The molecule has 0 saturated carbocycles. The summed E-state index contributed by atoms with van der Waals surface area (Å²) >= 11 is 5.77. The first-order valence-electron chi connectivity index (χ1n) is 4.15. The number of nitrogens with zero attached hydrogens (tertiary/aromatic N) is 2. The molecule has 0 aliphatic rings. The Morgan fingerprint density at radius 1 is 1.64 bits per heavy atom. The molecule has 74 valence electrons. The second-order valence-corrected chi connectivity index (χ2v) is 2.95. The lowest BCUT2D eigenvalue weighted by molar-refractivity contribution is 0.818. The maximum atomic E-state index is 5.77. The van der Waals surface area contributed by atoms with E-state index >= 15 is 0 Å². The Labute approximate surface area is 87.9 Å². The highest BCUT2D eigenvalue weighted by Crippen LogP contribution is 2.09. The van der Waals surface area contributed by atoms with Crippen molar-refractivity contribution >= 4 is 17.4 Å². The number of hydrogen-bond acceptors (Lipinski definition) is 4. The molecule has 14 heavy (non-hydrogen) atoms. The number of rotatable bonds is 2. The number of nitrogen functional groups attached to an aromatic ring is 1. The summed E-state index contributed by atoms with van der Waals surface area (Å²) < 4.78 is 0. The Morgan fingerprint density at radius 3 is 3.07 bits per heavy atom. The highest BCUT2D eigenvalue weighted by atomic mass is 35.5. The molecule has 4 nitrogen and oxygen atoms in total. The zero-order valence-electron chi connectivity index (χ0n) is 7.84. The van der Waals surface area contributed by atoms with Gasteiger partial charge in [0, 0.05) is 13.0 Å². The molecule has 1 rings (SSSR count). The van der Waals surface area contributed by atoms with Crippen LogP contribution in [0.5, 0.6) is 0 Å². The third kappa shape index (κ3) is 3.21. The van der Waals surface area contributed by atoms with E-state index in [1.807, 2.05) is 7.05 Å². The largest absolute Gasteiger partial charge is 0.382 e. The zero-order valence-corrected chi connectivity index (χ0v) is 8.60. The van der Waals surface area contributed by atoms with E-state index in [4.69, 9.17) is 17.3 Å². The van der Waals surface area contributed by atoms with Crippen molar-refractivity contribution in [2.45, 2.75) is 6.42 Å². The van der Waals surface area contributed by atoms with Crippen LogP contribution in [0.3, 0.4) is 0 Å². The van der Waals surface area contributed by atoms with E-state index in [1.54, 1.807) is 0 Å². The molecular weight excluding hydrogens is 200 g/mol. The molecule has 3 N–H and O–H groups in total. The lowest BCUT2D eigenvalue weighted by atomic mass is 10.4. The van der Waals surface area contributed by atoms with Crippen molar-refractivity contribution < 1.29 is 0 Å². The average molecular weight is 211 g/mol. The van der Waals surface area contributed by atoms with E-state index in [1.165, 1.54) is 6.20 Å². The molecule has 0 aliphatic heterocycles. The number of hydrogen-bond donors (Lipinski definition) is 2. The summed E-state index contributed by atoms with van der Waals surface area (Å²) in [6, 6.07) is 0. The Kier molecular flexibility index (Phi) is 4.17. The fraction of sp³-hybridized carbons (Fsp3) is 0.333. The average Bonchev–Trinajstić information content (AvgIpc) is 2.15. The Hall–Kier alpha value is -1.31. The van der Waals surface area contributed by atoms with Crippen molar-refractivity contribution in [1.82, 2.24) is 15.3 Å². The molecule has 0 atom stereocenters. The van der Waals surface area contributed by atoms with E-state index in [2.05, 4.69) is 27.1 Å². The van der Waals surface area contributed by atoms with Gasteiger partial charge in [0.1, 0.15) is 5.82 Å². The van der Waals surface area contributed by atoms with Gasteiger partial charge < -0.3 is 11.1 Å². The minimum atomic E-state index is 0.252. The van der Waals surface area contributed by atoms with Gasteiger partial charge in [0.2, 0.25) is 0 Å². The first-order chi connectivity index (χ1) is 6.74. The summed E-state index contributed by atoms with van der Waals surface area (Å²) in [5.41, 5.74) is 5.86. The van der Waals surface area contributed by atoms with Gasteiger partial charge in [0.15, 0.2) is 10.8 Å². The van der Waals surface area contributed by atoms with Crippen molar-refractivity contribution in [2.75, 3.05) is 19.3 Å². The SMILES string of the molecule is CNCCC#Cc1ncc(N)nc1Cl. The van der Waals surface area contributed by atoms with Crippen molar-refractivity contribution in [3.63, 3.8) is 0 Å². The summed E-state index contributed by atoms with van der Waals surface area (Å²) in [4.78, 5) is 7.80. The summed E-state index contributed by atoms with van der Waals surface area (Å²) in [7, 11) is 1.87. The minimum Gasteiger partial charge on any atom is -0.382 e. The van der Waals surface area contributed by atoms with Gasteiger partial charge in [-0.05, 0) is 13.0 Å². The number of anilines is 1. The maximum absolute atomic E-state index is 5.77. The molecule has 0 radical (unpaired) electrons.